The third-order valence-electron chi connectivity index (χ3n) is 6.46. The van der Waals surface area contributed by atoms with E-state index in [-0.39, 0.29) is 25.4 Å². The summed E-state index contributed by atoms with van der Waals surface area (Å²) >= 11 is 0. The van der Waals surface area contributed by atoms with Gasteiger partial charge in [0.25, 0.3) is 0 Å². The Morgan fingerprint density at radius 1 is 0.810 bits per heavy atom. The van der Waals surface area contributed by atoms with E-state index in [1.807, 2.05) is 32.0 Å². The number of rotatable bonds is 13. The molecule has 10 heteroatoms. The lowest BCUT2D eigenvalue weighted by molar-refractivity contribution is -0.132. The molecule has 2 atom stereocenters. The first-order valence-corrected chi connectivity index (χ1v) is 13.5. The van der Waals surface area contributed by atoms with E-state index in [0.717, 1.165) is 23.8 Å². The first kappa shape index (κ1) is 31.9. The second kappa shape index (κ2) is 15.4. The van der Waals surface area contributed by atoms with Crippen LogP contribution in [0.2, 0.25) is 0 Å². The molecule has 0 aliphatic carbocycles. The molecular weight excluding hydrogens is 546 g/mol. The van der Waals surface area contributed by atoms with Gasteiger partial charge < -0.3 is 14.8 Å². The fourth-order valence-electron chi connectivity index (χ4n) is 4.20. The molecule has 0 radical (unpaired) electrons. The molecule has 2 unspecified atom stereocenters. The van der Waals surface area contributed by atoms with Gasteiger partial charge in [0.05, 0.1) is 6.04 Å². The van der Waals surface area contributed by atoms with Gasteiger partial charge in [-0.25, -0.2) is 18.4 Å². The average molecular weight is 581 g/mol. The van der Waals surface area contributed by atoms with Gasteiger partial charge in [0.2, 0.25) is 5.91 Å². The maximum Gasteiger partial charge on any atom is 0.410 e. The first-order valence-electron chi connectivity index (χ1n) is 13.5. The molecule has 0 fully saturated rings. The van der Waals surface area contributed by atoms with Crippen molar-refractivity contribution in [2.24, 2.45) is 5.92 Å². The monoisotopic (exact) mass is 580 g/mol. The lowest BCUT2D eigenvalue weighted by Gasteiger charge is -2.29. The molecule has 1 N–H and O–H groups in total. The van der Waals surface area contributed by atoms with Crippen LogP contribution in [0.4, 0.5) is 13.6 Å². The Morgan fingerprint density at radius 2 is 1.38 bits per heavy atom. The molecule has 0 saturated carbocycles. The summed E-state index contributed by atoms with van der Waals surface area (Å²) in [5.74, 6) is -4.90. The molecule has 0 saturated heterocycles. The van der Waals surface area contributed by atoms with E-state index in [2.05, 4.69) is 5.32 Å². The molecule has 3 aromatic carbocycles. The number of benzene rings is 3. The van der Waals surface area contributed by atoms with Crippen molar-refractivity contribution in [2.75, 3.05) is 13.7 Å². The highest BCUT2D eigenvalue weighted by Gasteiger charge is 2.32. The molecule has 0 aliphatic rings. The number of Topliss-reactive ketones (excluding diaryl/α,β-unsaturated/α-hetero) is 1. The van der Waals surface area contributed by atoms with Gasteiger partial charge in [0, 0.05) is 7.05 Å². The summed E-state index contributed by atoms with van der Waals surface area (Å²) in [5.41, 5.74) is 0.572. The number of halogens is 2. The summed E-state index contributed by atoms with van der Waals surface area (Å²) < 4.78 is 38.3. The number of esters is 1. The van der Waals surface area contributed by atoms with Crippen LogP contribution >= 0.6 is 0 Å². The maximum atomic E-state index is 14.0. The van der Waals surface area contributed by atoms with E-state index in [9.17, 15) is 28.0 Å². The predicted molar refractivity (Wildman–Crippen MR) is 151 cm³/mol. The van der Waals surface area contributed by atoms with Crippen LogP contribution < -0.4 is 5.32 Å². The molecular formula is C32H34F2N2O6. The van der Waals surface area contributed by atoms with Crippen molar-refractivity contribution in [1.82, 2.24) is 10.2 Å². The first-order chi connectivity index (χ1) is 20.1. The Kier molecular flexibility index (Phi) is 11.7. The highest BCUT2D eigenvalue weighted by Crippen LogP contribution is 2.16. The number of ether oxygens (including phenoxy) is 2. The van der Waals surface area contributed by atoms with Gasteiger partial charge in [-0.3, -0.25) is 14.5 Å². The van der Waals surface area contributed by atoms with Gasteiger partial charge in [-0.15, -0.1) is 0 Å². The van der Waals surface area contributed by atoms with Crippen LogP contribution in [0.3, 0.4) is 0 Å². The van der Waals surface area contributed by atoms with Crippen molar-refractivity contribution in [3.63, 3.8) is 0 Å². The fraction of sp³-hybridized carbons (Fsp3) is 0.312. The SMILES string of the molecule is CC(C)CC(C(=O)NC(Cc1ccccc1)C(=O)COC(=O)c1c(F)cccc1F)N(C)C(=O)OCc1ccccc1. The topological polar surface area (TPSA) is 102 Å². The lowest BCUT2D eigenvalue weighted by Crippen LogP contribution is -2.53. The van der Waals surface area contributed by atoms with Gasteiger partial charge in [0.15, 0.2) is 12.4 Å². The van der Waals surface area contributed by atoms with Crippen LogP contribution in [0.5, 0.6) is 0 Å². The standard InChI is InChI=1S/C32H34F2N2O6/c1-21(2)17-27(36(3)32(40)42-19-23-13-8-5-9-14-23)30(38)35-26(18-22-11-6-4-7-12-22)28(37)20-41-31(39)29-24(33)15-10-16-25(29)34/h4-16,21,26-27H,17-20H2,1-3H3,(H,35,38). The Bertz CT molecular complexity index is 1350. The zero-order valence-corrected chi connectivity index (χ0v) is 23.7. The zero-order chi connectivity index (χ0) is 30.6. The minimum Gasteiger partial charge on any atom is -0.454 e. The second-order valence-corrected chi connectivity index (χ2v) is 10.2. The van der Waals surface area contributed by atoms with Gasteiger partial charge in [0.1, 0.15) is 29.8 Å². The van der Waals surface area contributed by atoms with E-state index >= 15 is 0 Å². The Morgan fingerprint density at radius 3 is 1.95 bits per heavy atom. The summed E-state index contributed by atoms with van der Waals surface area (Å²) in [6.45, 7) is 2.95. The summed E-state index contributed by atoms with van der Waals surface area (Å²) in [4.78, 5) is 53.1. The van der Waals surface area contributed by atoms with Crippen LogP contribution in [-0.2, 0) is 32.1 Å². The predicted octanol–water partition coefficient (Wildman–Crippen LogP) is 5.10. The van der Waals surface area contributed by atoms with Gasteiger partial charge >= 0.3 is 12.1 Å². The van der Waals surface area contributed by atoms with Crippen molar-refractivity contribution in [2.45, 2.75) is 45.4 Å². The highest BCUT2D eigenvalue weighted by atomic mass is 19.1. The van der Waals surface area contributed by atoms with E-state index < -0.39 is 59.6 Å². The van der Waals surface area contributed by atoms with Crippen LogP contribution in [0, 0.1) is 17.6 Å². The van der Waals surface area contributed by atoms with Crippen LogP contribution in [0.1, 0.15) is 41.8 Å². The van der Waals surface area contributed by atoms with Gasteiger partial charge in [-0.1, -0.05) is 80.6 Å². The van der Waals surface area contributed by atoms with Crippen molar-refractivity contribution in [3.05, 3.63) is 107 Å². The third-order valence-corrected chi connectivity index (χ3v) is 6.46. The normalized spacial score (nSPS) is 12.2. The Balaban J connectivity index is 1.74. The number of carbonyl (C=O) groups excluding carboxylic acids is 4. The quantitative estimate of drug-likeness (QED) is 0.282. The molecule has 0 aliphatic heterocycles. The summed E-state index contributed by atoms with van der Waals surface area (Å²) in [6.07, 6.45) is -0.393. The number of amides is 2. The smallest absolute Gasteiger partial charge is 0.410 e. The second-order valence-electron chi connectivity index (χ2n) is 10.2. The maximum absolute atomic E-state index is 14.0. The van der Waals surface area contributed by atoms with Gasteiger partial charge in [-0.05, 0) is 42.0 Å². The highest BCUT2D eigenvalue weighted by molar-refractivity contribution is 5.95. The zero-order valence-electron chi connectivity index (χ0n) is 23.7. The minimum absolute atomic E-state index is 0.00465. The number of carbonyl (C=O) groups is 4. The summed E-state index contributed by atoms with van der Waals surface area (Å²) in [7, 11) is 1.44. The number of nitrogens with zero attached hydrogens (tertiary/aromatic N) is 1. The van der Waals surface area contributed by atoms with Crippen LogP contribution in [-0.4, -0.2) is 54.4 Å². The molecule has 0 heterocycles. The fourth-order valence-corrected chi connectivity index (χ4v) is 4.20. The third kappa shape index (κ3) is 9.22. The van der Waals surface area contributed by atoms with E-state index in [1.165, 1.54) is 11.9 Å². The molecule has 3 rings (SSSR count). The molecule has 3 aromatic rings. The number of likely N-dealkylation sites (N-methyl/N-ethyl adjacent to an activating group) is 1. The van der Waals surface area contributed by atoms with Crippen molar-refractivity contribution in [1.29, 1.82) is 0 Å². The Hall–Kier alpha value is -4.60. The van der Waals surface area contributed by atoms with E-state index in [1.54, 1.807) is 42.5 Å². The number of nitrogens with one attached hydrogen (secondary N) is 1. The van der Waals surface area contributed by atoms with E-state index in [0.29, 0.717) is 5.56 Å². The largest absolute Gasteiger partial charge is 0.454 e. The molecule has 0 spiro atoms. The average Bonchev–Trinajstić information content (AvgIpc) is 2.97. The van der Waals surface area contributed by atoms with Crippen molar-refractivity contribution in [3.8, 4) is 0 Å². The Labute approximate surface area is 243 Å². The number of hydrogen-bond donors (Lipinski definition) is 1. The van der Waals surface area contributed by atoms with Crippen molar-refractivity contribution < 1.29 is 37.4 Å². The number of hydrogen-bond acceptors (Lipinski definition) is 6. The molecule has 222 valence electrons. The van der Waals surface area contributed by atoms with Crippen LogP contribution in [0.25, 0.3) is 0 Å². The van der Waals surface area contributed by atoms with Gasteiger partial charge in [-0.2, -0.15) is 0 Å². The molecule has 2 amide bonds. The minimum atomic E-state index is -1.35. The molecule has 0 aromatic heterocycles. The summed E-state index contributed by atoms with van der Waals surface area (Å²) in [5, 5.41) is 2.69. The lowest BCUT2D eigenvalue weighted by atomic mass is 9.99. The number of ketones is 1. The van der Waals surface area contributed by atoms with Crippen molar-refractivity contribution >= 4 is 23.8 Å². The molecule has 8 nitrogen and oxygen atoms in total. The van der Waals surface area contributed by atoms with Crippen LogP contribution in [0.15, 0.2) is 78.9 Å². The summed E-state index contributed by atoms with van der Waals surface area (Å²) in [6, 6.07) is 18.7. The molecule has 42 heavy (non-hydrogen) atoms. The van der Waals surface area contributed by atoms with E-state index in [4.69, 9.17) is 9.47 Å². The molecule has 0 bridgehead atoms.